The third kappa shape index (κ3) is 5.47. The van der Waals surface area contributed by atoms with Gasteiger partial charge in [-0.25, -0.2) is 4.79 Å². The number of rotatable bonds is 7. The molecule has 0 aliphatic heterocycles. The van der Waals surface area contributed by atoms with Crippen LogP contribution < -0.4 is 10.1 Å². The Labute approximate surface area is 176 Å². The van der Waals surface area contributed by atoms with Gasteiger partial charge in [-0.2, -0.15) is 0 Å². The molecular weight excluding hydrogens is 378 g/mol. The molecule has 0 saturated heterocycles. The molecule has 3 rings (SSSR count). The van der Waals surface area contributed by atoms with Crippen molar-refractivity contribution in [1.29, 1.82) is 0 Å². The van der Waals surface area contributed by atoms with Crippen LogP contribution in [0.15, 0.2) is 66.7 Å². The lowest BCUT2D eigenvalue weighted by Gasteiger charge is -2.14. The second-order valence-electron chi connectivity index (χ2n) is 7.16. The van der Waals surface area contributed by atoms with Crippen molar-refractivity contribution in [3.63, 3.8) is 0 Å². The van der Waals surface area contributed by atoms with Crippen LogP contribution in [-0.4, -0.2) is 18.5 Å². The maximum atomic E-state index is 12.6. The number of carbonyl (C=O) groups excluding carboxylic acids is 2. The average molecular weight is 403 g/mol. The molecular formula is C25H25NO4. The van der Waals surface area contributed by atoms with E-state index in [4.69, 9.17) is 9.47 Å². The van der Waals surface area contributed by atoms with Crippen LogP contribution in [0.1, 0.15) is 32.6 Å². The number of nitrogens with one attached hydrogen (secondary N) is 1. The van der Waals surface area contributed by atoms with Crippen LogP contribution in [0.25, 0.3) is 0 Å². The molecule has 3 aromatic rings. The summed E-state index contributed by atoms with van der Waals surface area (Å²) in [6, 6.07) is 20.4. The van der Waals surface area contributed by atoms with E-state index >= 15 is 0 Å². The van der Waals surface area contributed by atoms with E-state index in [2.05, 4.69) is 5.32 Å². The van der Waals surface area contributed by atoms with Crippen molar-refractivity contribution in [3.05, 3.63) is 94.5 Å². The van der Waals surface area contributed by atoms with Gasteiger partial charge in [0.05, 0.1) is 5.56 Å². The largest absolute Gasteiger partial charge is 0.489 e. The van der Waals surface area contributed by atoms with Crippen LogP contribution in [0.4, 0.5) is 5.69 Å². The number of carbonyl (C=O) groups is 2. The van der Waals surface area contributed by atoms with Gasteiger partial charge in [0.2, 0.25) is 0 Å². The summed E-state index contributed by atoms with van der Waals surface area (Å²) < 4.78 is 11.0. The Morgan fingerprint density at radius 3 is 2.20 bits per heavy atom. The lowest BCUT2D eigenvalue weighted by molar-refractivity contribution is -0.119. The van der Waals surface area contributed by atoms with Gasteiger partial charge in [-0.1, -0.05) is 54.1 Å². The zero-order valence-electron chi connectivity index (χ0n) is 17.4. The maximum Gasteiger partial charge on any atom is 0.339 e. The molecule has 154 valence electrons. The van der Waals surface area contributed by atoms with Crippen molar-refractivity contribution >= 4 is 17.6 Å². The molecule has 0 aliphatic rings. The zero-order valence-corrected chi connectivity index (χ0v) is 17.4. The predicted molar refractivity (Wildman–Crippen MR) is 117 cm³/mol. The van der Waals surface area contributed by atoms with Gasteiger partial charge >= 0.3 is 5.97 Å². The van der Waals surface area contributed by atoms with Crippen molar-refractivity contribution in [2.24, 2.45) is 0 Å². The fourth-order valence-corrected chi connectivity index (χ4v) is 3.28. The molecule has 1 N–H and O–H groups in total. The fourth-order valence-electron chi connectivity index (χ4n) is 3.28. The number of para-hydroxylation sites is 1. The molecule has 0 aliphatic carbocycles. The number of anilines is 1. The molecule has 0 spiro atoms. The Kier molecular flexibility index (Phi) is 6.86. The molecule has 0 fully saturated rings. The average Bonchev–Trinajstić information content (AvgIpc) is 2.74. The number of amides is 1. The Bertz CT molecular complexity index is 1020. The molecule has 0 aromatic heterocycles. The molecule has 0 unspecified atom stereocenters. The normalized spacial score (nSPS) is 10.4. The topological polar surface area (TPSA) is 64.6 Å². The molecule has 0 heterocycles. The molecule has 1 amide bonds. The van der Waals surface area contributed by atoms with Crippen molar-refractivity contribution < 1.29 is 19.1 Å². The van der Waals surface area contributed by atoms with E-state index in [9.17, 15) is 9.59 Å². The van der Waals surface area contributed by atoms with Crippen LogP contribution >= 0.6 is 0 Å². The highest BCUT2D eigenvalue weighted by molar-refractivity contribution is 5.97. The van der Waals surface area contributed by atoms with E-state index in [1.165, 1.54) is 0 Å². The minimum Gasteiger partial charge on any atom is -0.489 e. The minimum absolute atomic E-state index is 0.225. The SMILES string of the molecule is Cc1cc(C)c(NC(=O)COC(=O)c2ccccc2COc2ccccc2)c(C)c1. The van der Waals surface area contributed by atoms with Crippen molar-refractivity contribution in [1.82, 2.24) is 0 Å². The van der Waals surface area contributed by atoms with Gasteiger partial charge in [0, 0.05) is 11.3 Å². The summed E-state index contributed by atoms with van der Waals surface area (Å²) in [6.07, 6.45) is 0. The summed E-state index contributed by atoms with van der Waals surface area (Å²) in [6.45, 7) is 5.74. The van der Waals surface area contributed by atoms with Gasteiger partial charge in [-0.15, -0.1) is 0 Å². The van der Waals surface area contributed by atoms with Crippen LogP contribution in [0.3, 0.4) is 0 Å². The van der Waals surface area contributed by atoms with Crippen molar-refractivity contribution in [2.75, 3.05) is 11.9 Å². The molecule has 5 nitrogen and oxygen atoms in total. The molecule has 0 bridgehead atoms. The third-order valence-corrected chi connectivity index (χ3v) is 4.65. The Balaban J connectivity index is 1.60. The maximum absolute atomic E-state index is 12.6. The summed E-state index contributed by atoms with van der Waals surface area (Å²) in [4.78, 5) is 24.9. The van der Waals surface area contributed by atoms with Gasteiger partial charge < -0.3 is 14.8 Å². The van der Waals surface area contributed by atoms with Gasteiger partial charge in [-0.3, -0.25) is 4.79 Å². The summed E-state index contributed by atoms with van der Waals surface area (Å²) in [7, 11) is 0. The van der Waals surface area contributed by atoms with E-state index in [-0.39, 0.29) is 19.1 Å². The van der Waals surface area contributed by atoms with Gasteiger partial charge in [-0.05, 0) is 50.1 Å². The quantitative estimate of drug-likeness (QED) is 0.565. The highest BCUT2D eigenvalue weighted by atomic mass is 16.5. The first-order chi connectivity index (χ1) is 14.4. The van der Waals surface area contributed by atoms with Crippen LogP contribution in [0.5, 0.6) is 5.75 Å². The van der Waals surface area contributed by atoms with E-state index < -0.39 is 5.97 Å². The smallest absolute Gasteiger partial charge is 0.339 e. The molecule has 3 aromatic carbocycles. The standard InChI is InChI=1S/C25H25NO4/c1-17-13-18(2)24(19(3)14-17)26-23(27)16-30-25(28)22-12-8-7-9-20(22)15-29-21-10-5-4-6-11-21/h4-14H,15-16H2,1-3H3,(H,26,27). The van der Waals surface area contributed by atoms with Crippen LogP contribution in [0, 0.1) is 20.8 Å². The predicted octanol–water partition coefficient (Wildman–Crippen LogP) is 4.99. The van der Waals surface area contributed by atoms with Crippen LogP contribution in [-0.2, 0) is 16.1 Å². The zero-order chi connectivity index (χ0) is 21.5. The number of aryl methyl sites for hydroxylation is 3. The highest BCUT2D eigenvalue weighted by Crippen LogP contribution is 2.22. The number of hydrogen-bond donors (Lipinski definition) is 1. The lowest BCUT2D eigenvalue weighted by atomic mass is 10.1. The molecule has 30 heavy (non-hydrogen) atoms. The first-order valence-electron chi connectivity index (χ1n) is 9.74. The second-order valence-corrected chi connectivity index (χ2v) is 7.16. The summed E-state index contributed by atoms with van der Waals surface area (Å²) in [5.74, 6) is -0.227. The van der Waals surface area contributed by atoms with E-state index in [1.54, 1.807) is 18.2 Å². The van der Waals surface area contributed by atoms with Crippen molar-refractivity contribution in [3.8, 4) is 5.75 Å². The first-order valence-corrected chi connectivity index (χ1v) is 9.74. The summed E-state index contributed by atoms with van der Waals surface area (Å²) in [5, 5.41) is 2.83. The van der Waals surface area contributed by atoms with E-state index in [0.29, 0.717) is 16.9 Å². The Morgan fingerprint density at radius 1 is 0.867 bits per heavy atom. The molecule has 0 saturated carbocycles. The molecule has 5 heteroatoms. The Hall–Kier alpha value is -3.60. The lowest BCUT2D eigenvalue weighted by Crippen LogP contribution is -2.22. The second kappa shape index (κ2) is 9.74. The van der Waals surface area contributed by atoms with Gasteiger partial charge in [0.25, 0.3) is 5.91 Å². The molecule has 0 atom stereocenters. The summed E-state index contributed by atoms with van der Waals surface area (Å²) in [5.41, 5.74) is 4.88. The van der Waals surface area contributed by atoms with Crippen molar-refractivity contribution in [2.45, 2.75) is 27.4 Å². The highest BCUT2D eigenvalue weighted by Gasteiger charge is 2.15. The number of ether oxygens (including phenoxy) is 2. The van der Waals surface area contributed by atoms with Gasteiger partial charge in [0.1, 0.15) is 12.4 Å². The minimum atomic E-state index is -0.560. The Morgan fingerprint density at radius 2 is 1.50 bits per heavy atom. The fraction of sp³-hybridized carbons (Fsp3) is 0.200. The number of esters is 1. The number of hydrogen-bond acceptors (Lipinski definition) is 4. The van der Waals surface area contributed by atoms with E-state index in [0.717, 1.165) is 22.4 Å². The summed E-state index contributed by atoms with van der Waals surface area (Å²) >= 11 is 0. The van der Waals surface area contributed by atoms with E-state index in [1.807, 2.05) is 69.3 Å². The number of benzene rings is 3. The van der Waals surface area contributed by atoms with Crippen LogP contribution in [0.2, 0.25) is 0 Å². The molecule has 0 radical (unpaired) electrons. The third-order valence-electron chi connectivity index (χ3n) is 4.65. The monoisotopic (exact) mass is 403 g/mol. The van der Waals surface area contributed by atoms with Gasteiger partial charge in [0.15, 0.2) is 6.61 Å². The first kappa shape index (κ1) is 21.1.